The van der Waals surface area contributed by atoms with Crippen molar-refractivity contribution in [2.75, 3.05) is 0 Å². The standard InChI is InChI=1S/C13H22O2/c1-6-9(4)11-7-10(5)12(8(2)3)13(14)15-11/h9-11H,6-7H2,1-5H3. The lowest BCUT2D eigenvalue weighted by Gasteiger charge is -2.33. The molecule has 1 heterocycles. The van der Waals surface area contributed by atoms with Crippen molar-refractivity contribution in [1.82, 2.24) is 0 Å². The van der Waals surface area contributed by atoms with E-state index in [0.29, 0.717) is 11.8 Å². The fourth-order valence-electron chi connectivity index (χ4n) is 2.22. The molecule has 0 aliphatic carbocycles. The molecular weight excluding hydrogens is 188 g/mol. The number of cyclic esters (lactones) is 1. The summed E-state index contributed by atoms with van der Waals surface area (Å²) in [5.74, 6) is 0.712. The van der Waals surface area contributed by atoms with E-state index < -0.39 is 0 Å². The number of rotatable bonds is 2. The monoisotopic (exact) mass is 210 g/mol. The van der Waals surface area contributed by atoms with E-state index >= 15 is 0 Å². The van der Waals surface area contributed by atoms with Gasteiger partial charge in [0.15, 0.2) is 0 Å². The summed E-state index contributed by atoms with van der Waals surface area (Å²) in [5.41, 5.74) is 1.98. The van der Waals surface area contributed by atoms with Crippen molar-refractivity contribution in [3.63, 3.8) is 0 Å². The van der Waals surface area contributed by atoms with E-state index in [-0.39, 0.29) is 12.1 Å². The fourth-order valence-corrected chi connectivity index (χ4v) is 2.22. The normalized spacial score (nSPS) is 28.6. The van der Waals surface area contributed by atoms with Crippen molar-refractivity contribution in [3.8, 4) is 0 Å². The SMILES string of the molecule is CCC(C)C1CC(C)C(=C(C)C)C(=O)O1. The minimum atomic E-state index is -0.0981. The van der Waals surface area contributed by atoms with Crippen LogP contribution in [0.4, 0.5) is 0 Å². The van der Waals surface area contributed by atoms with E-state index in [4.69, 9.17) is 4.74 Å². The van der Waals surface area contributed by atoms with Crippen molar-refractivity contribution in [3.05, 3.63) is 11.1 Å². The van der Waals surface area contributed by atoms with Crippen LogP contribution in [0.1, 0.15) is 47.5 Å². The Morgan fingerprint density at radius 2 is 2.13 bits per heavy atom. The molecule has 0 amide bonds. The van der Waals surface area contributed by atoms with Gasteiger partial charge in [-0.25, -0.2) is 4.79 Å². The van der Waals surface area contributed by atoms with Crippen molar-refractivity contribution >= 4 is 5.97 Å². The molecule has 1 aliphatic rings. The van der Waals surface area contributed by atoms with Gasteiger partial charge in [-0.05, 0) is 32.1 Å². The highest BCUT2D eigenvalue weighted by Crippen LogP contribution is 2.32. The van der Waals surface area contributed by atoms with E-state index in [1.807, 2.05) is 13.8 Å². The predicted molar refractivity (Wildman–Crippen MR) is 61.5 cm³/mol. The molecule has 1 saturated heterocycles. The summed E-state index contributed by atoms with van der Waals surface area (Å²) < 4.78 is 5.49. The van der Waals surface area contributed by atoms with Crippen LogP contribution in [0.5, 0.6) is 0 Å². The predicted octanol–water partition coefficient (Wildman–Crippen LogP) is 3.32. The Balaban J connectivity index is 2.80. The number of carbonyl (C=O) groups excluding carboxylic acids is 1. The number of ether oxygens (including phenoxy) is 1. The number of hydrogen-bond acceptors (Lipinski definition) is 2. The lowest BCUT2D eigenvalue weighted by Crippen LogP contribution is -2.35. The summed E-state index contributed by atoms with van der Waals surface area (Å²) in [6.07, 6.45) is 2.15. The zero-order chi connectivity index (χ0) is 11.6. The lowest BCUT2D eigenvalue weighted by molar-refractivity contribution is -0.152. The van der Waals surface area contributed by atoms with Gasteiger partial charge in [0.05, 0.1) is 0 Å². The molecule has 0 N–H and O–H groups in total. The highest BCUT2D eigenvalue weighted by atomic mass is 16.5. The first kappa shape index (κ1) is 12.3. The summed E-state index contributed by atoms with van der Waals surface area (Å²) in [6.45, 7) is 10.4. The number of carbonyl (C=O) groups is 1. The van der Waals surface area contributed by atoms with Crippen molar-refractivity contribution in [1.29, 1.82) is 0 Å². The molecule has 0 aromatic rings. The summed E-state index contributed by atoms with van der Waals surface area (Å²) in [7, 11) is 0. The Hall–Kier alpha value is -0.790. The molecule has 2 heteroatoms. The minimum Gasteiger partial charge on any atom is -0.459 e. The summed E-state index contributed by atoms with van der Waals surface area (Å²) >= 11 is 0. The van der Waals surface area contributed by atoms with E-state index in [1.54, 1.807) is 0 Å². The quantitative estimate of drug-likeness (QED) is 0.516. The second kappa shape index (κ2) is 4.82. The van der Waals surface area contributed by atoms with Crippen LogP contribution in [0.25, 0.3) is 0 Å². The first-order valence-corrected chi connectivity index (χ1v) is 5.85. The number of allylic oxidation sites excluding steroid dienone is 1. The Morgan fingerprint density at radius 3 is 2.53 bits per heavy atom. The smallest absolute Gasteiger partial charge is 0.334 e. The topological polar surface area (TPSA) is 26.3 Å². The zero-order valence-electron chi connectivity index (χ0n) is 10.5. The summed E-state index contributed by atoms with van der Waals surface area (Å²) in [5, 5.41) is 0. The molecule has 2 nitrogen and oxygen atoms in total. The van der Waals surface area contributed by atoms with Gasteiger partial charge in [0.2, 0.25) is 0 Å². The maximum absolute atomic E-state index is 11.8. The summed E-state index contributed by atoms with van der Waals surface area (Å²) in [6, 6.07) is 0. The molecule has 0 aromatic heterocycles. The van der Waals surface area contributed by atoms with Gasteiger partial charge in [-0.3, -0.25) is 0 Å². The van der Waals surface area contributed by atoms with Gasteiger partial charge in [0.25, 0.3) is 0 Å². The molecule has 0 spiro atoms. The van der Waals surface area contributed by atoms with Gasteiger partial charge in [-0.2, -0.15) is 0 Å². The third-order valence-corrected chi connectivity index (χ3v) is 3.37. The van der Waals surface area contributed by atoms with Crippen molar-refractivity contribution in [2.45, 2.75) is 53.6 Å². The zero-order valence-corrected chi connectivity index (χ0v) is 10.5. The molecule has 1 aliphatic heterocycles. The van der Waals surface area contributed by atoms with Gasteiger partial charge >= 0.3 is 5.97 Å². The van der Waals surface area contributed by atoms with Crippen LogP contribution in [0.2, 0.25) is 0 Å². The molecule has 1 rings (SSSR count). The number of esters is 1. The Morgan fingerprint density at radius 1 is 1.53 bits per heavy atom. The molecule has 0 saturated carbocycles. The van der Waals surface area contributed by atoms with Crippen molar-refractivity contribution < 1.29 is 9.53 Å². The first-order chi connectivity index (χ1) is 6.97. The molecule has 15 heavy (non-hydrogen) atoms. The molecule has 3 unspecified atom stereocenters. The van der Waals surface area contributed by atoms with Gasteiger partial charge in [-0.15, -0.1) is 0 Å². The second-order valence-corrected chi connectivity index (χ2v) is 4.88. The maximum Gasteiger partial charge on any atom is 0.334 e. The molecule has 3 atom stereocenters. The van der Waals surface area contributed by atoms with Crippen LogP contribution in [0.3, 0.4) is 0 Å². The molecular formula is C13H22O2. The van der Waals surface area contributed by atoms with E-state index in [0.717, 1.165) is 24.0 Å². The molecule has 0 bridgehead atoms. The Kier molecular flexibility index (Phi) is 3.95. The van der Waals surface area contributed by atoms with E-state index in [1.165, 1.54) is 0 Å². The highest BCUT2D eigenvalue weighted by molar-refractivity contribution is 5.90. The third-order valence-electron chi connectivity index (χ3n) is 3.37. The van der Waals surface area contributed by atoms with Crippen LogP contribution < -0.4 is 0 Å². The summed E-state index contributed by atoms with van der Waals surface area (Å²) in [4.78, 5) is 11.8. The van der Waals surface area contributed by atoms with Crippen molar-refractivity contribution in [2.24, 2.45) is 11.8 Å². The highest BCUT2D eigenvalue weighted by Gasteiger charge is 2.33. The fraction of sp³-hybridized carbons (Fsp3) is 0.769. The Labute approximate surface area is 92.7 Å². The Bertz CT molecular complexity index is 274. The van der Waals surface area contributed by atoms with Gasteiger partial charge in [0.1, 0.15) is 6.10 Å². The van der Waals surface area contributed by atoms with Crippen LogP contribution in [-0.4, -0.2) is 12.1 Å². The molecule has 0 aromatic carbocycles. The number of hydrogen-bond donors (Lipinski definition) is 0. The average Bonchev–Trinajstić information content (AvgIpc) is 2.14. The average molecular weight is 210 g/mol. The maximum atomic E-state index is 11.8. The minimum absolute atomic E-state index is 0.0981. The largest absolute Gasteiger partial charge is 0.459 e. The van der Waals surface area contributed by atoms with Crippen LogP contribution in [-0.2, 0) is 9.53 Å². The van der Waals surface area contributed by atoms with E-state index in [2.05, 4.69) is 20.8 Å². The van der Waals surface area contributed by atoms with Gasteiger partial charge < -0.3 is 4.74 Å². The molecule has 1 fully saturated rings. The second-order valence-electron chi connectivity index (χ2n) is 4.88. The molecule has 86 valence electrons. The van der Waals surface area contributed by atoms with E-state index in [9.17, 15) is 4.79 Å². The van der Waals surface area contributed by atoms with Crippen LogP contribution in [0.15, 0.2) is 11.1 Å². The van der Waals surface area contributed by atoms with Crippen LogP contribution >= 0.6 is 0 Å². The van der Waals surface area contributed by atoms with Gasteiger partial charge in [0, 0.05) is 5.57 Å². The lowest BCUT2D eigenvalue weighted by atomic mass is 9.84. The third kappa shape index (κ3) is 2.61. The van der Waals surface area contributed by atoms with Gasteiger partial charge in [-0.1, -0.05) is 32.8 Å². The molecule has 0 radical (unpaired) electrons. The first-order valence-electron chi connectivity index (χ1n) is 5.85. The van der Waals surface area contributed by atoms with Crippen LogP contribution in [0, 0.1) is 11.8 Å².